The van der Waals surface area contributed by atoms with Gasteiger partial charge in [0.05, 0.1) is 11.3 Å². The predicted molar refractivity (Wildman–Crippen MR) is 86.2 cm³/mol. The fourth-order valence-electron chi connectivity index (χ4n) is 2.78. The Morgan fingerprint density at radius 1 is 1.28 bits per heavy atom. The van der Waals surface area contributed by atoms with E-state index in [-0.39, 0.29) is 17.3 Å². The molecule has 9 heteroatoms. The normalized spacial score (nSPS) is 18.2. The number of phenols is 1. The third-order valence-electron chi connectivity index (χ3n) is 4.07. The molecule has 1 aliphatic rings. The number of phenolic OH excluding ortho intramolecular Hbond substituents is 1. The van der Waals surface area contributed by atoms with Crippen LogP contribution in [-0.2, 0) is 6.18 Å². The molecule has 2 heterocycles. The SMILES string of the molecule is Cc1nc(N[C@@H]2CCCNC2)nnc1-c1ccc(C(F)(F)F)cc1O. The summed E-state index contributed by atoms with van der Waals surface area (Å²) >= 11 is 0. The van der Waals surface area contributed by atoms with Crippen molar-refractivity contribution in [3.8, 4) is 17.0 Å². The fraction of sp³-hybridized carbons (Fsp3) is 0.438. The molecule has 1 aromatic heterocycles. The number of hydrogen-bond donors (Lipinski definition) is 3. The number of alkyl halides is 3. The highest BCUT2D eigenvalue weighted by Gasteiger charge is 2.31. The van der Waals surface area contributed by atoms with E-state index < -0.39 is 17.5 Å². The molecule has 0 spiro atoms. The molecule has 1 fully saturated rings. The van der Waals surface area contributed by atoms with Crippen molar-refractivity contribution >= 4 is 5.95 Å². The monoisotopic (exact) mass is 353 g/mol. The van der Waals surface area contributed by atoms with Gasteiger partial charge in [-0.05, 0) is 44.5 Å². The van der Waals surface area contributed by atoms with Gasteiger partial charge in [0, 0.05) is 18.2 Å². The summed E-state index contributed by atoms with van der Waals surface area (Å²) in [6.07, 6.45) is -2.46. The van der Waals surface area contributed by atoms with Crippen molar-refractivity contribution in [3.63, 3.8) is 0 Å². The van der Waals surface area contributed by atoms with Crippen molar-refractivity contribution in [2.24, 2.45) is 0 Å². The number of aromatic nitrogens is 3. The van der Waals surface area contributed by atoms with Gasteiger partial charge in [0.25, 0.3) is 0 Å². The summed E-state index contributed by atoms with van der Waals surface area (Å²) in [6, 6.07) is 2.96. The first kappa shape index (κ1) is 17.4. The molecule has 0 aliphatic carbocycles. The van der Waals surface area contributed by atoms with Crippen molar-refractivity contribution in [3.05, 3.63) is 29.5 Å². The molecule has 1 aromatic carbocycles. The molecular weight excluding hydrogens is 335 g/mol. The molecule has 134 valence electrons. The Labute approximate surface area is 142 Å². The highest BCUT2D eigenvalue weighted by molar-refractivity contribution is 5.69. The minimum absolute atomic E-state index is 0.163. The second-order valence-corrected chi connectivity index (χ2v) is 5.99. The Bertz CT molecular complexity index is 760. The van der Waals surface area contributed by atoms with Gasteiger partial charge in [0.15, 0.2) is 0 Å². The van der Waals surface area contributed by atoms with Crippen LogP contribution in [0, 0.1) is 6.92 Å². The number of aryl methyl sites for hydroxylation is 1. The molecule has 0 radical (unpaired) electrons. The van der Waals surface area contributed by atoms with E-state index in [0.29, 0.717) is 17.7 Å². The molecule has 0 bridgehead atoms. The summed E-state index contributed by atoms with van der Waals surface area (Å²) in [7, 11) is 0. The van der Waals surface area contributed by atoms with E-state index in [9.17, 15) is 18.3 Å². The van der Waals surface area contributed by atoms with Gasteiger partial charge in [-0.25, -0.2) is 4.98 Å². The van der Waals surface area contributed by atoms with Crippen molar-refractivity contribution in [1.82, 2.24) is 20.5 Å². The maximum atomic E-state index is 12.7. The largest absolute Gasteiger partial charge is 0.507 e. The van der Waals surface area contributed by atoms with Crippen LogP contribution in [-0.4, -0.2) is 39.4 Å². The van der Waals surface area contributed by atoms with Crippen LogP contribution < -0.4 is 10.6 Å². The van der Waals surface area contributed by atoms with E-state index >= 15 is 0 Å². The summed E-state index contributed by atoms with van der Waals surface area (Å²) < 4.78 is 38.1. The minimum Gasteiger partial charge on any atom is -0.507 e. The fourth-order valence-corrected chi connectivity index (χ4v) is 2.78. The number of nitrogens with zero attached hydrogens (tertiary/aromatic N) is 3. The van der Waals surface area contributed by atoms with Gasteiger partial charge < -0.3 is 15.7 Å². The predicted octanol–water partition coefficient (Wildman–Crippen LogP) is 2.74. The van der Waals surface area contributed by atoms with Gasteiger partial charge >= 0.3 is 6.18 Å². The molecule has 1 atom stereocenters. The van der Waals surface area contributed by atoms with Crippen LogP contribution in [0.2, 0.25) is 0 Å². The zero-order valence-corrected chi connectivity index (χ0v) is 13.6. The van der Waals surface area contributed by atoms with Gasteiger partial charge in [0.1, 0.15) is 11.4 Å². The zero-order chi connectivity index (χ0) is 18.0. The third kappa shape index (κ3) is 3.98. The van der Waals surface area contributed by atoms with Crippen LogP contribution >= 0.6 is 0 Å². The first-order chi connectivity index (χ1) is 11.8. The van der Waals surface area contributed by atoms with E-state index in [1.54, 1.807) is 6.92 Å². The Morgan fingerprint density at radius 2 is 2.08 bits per heavy atom. The highest BCUT2D eigenvalue weighted by atomic mass is 19.4. The number of benzene rings is 1. The topological polar surface area (TPSA) is 83.0 Å². The van der Waals surface area contributed by atoms with Crippen molar-refractivity contribution < 1.29 is 18.3 Å². The standard InChI is InChI=1S/C16H18F3N5O/c1-9-14(12-5-4-10(7-13(12)25)16(17,18)19)23-24-15(21-9)22-11-3-2-6-20-8-11/h4-5,7,11,20,25H,2-3,6,8H2,1H3,(H,21,22,24)/t11-/m1/s1. The average Bonchev–Trinajstić information content (AvgIpc) is 2.56. The lowest BCUT2D eigenvalue weighted by Crippen LogP contribution is -2.38. The van der Waals surface area contributed by atoms with Crippen LogP contribution in [0.3, 0.4) is 0 Å². The molecule has 6 nitrogen and oxygen atoms in total. The second-order valence-electron chi connectivity index (χ2n) is 5.99. The van der Waals surface area contributed by atoms with E-state index in [0.717, 1.165) is 32.0 Å². The molecular formula is C16H18F3N5O. The van der Waals surface area contributed by atoms with Crippen molar-refractivity contribution in [1.29, 1.82) is 0 Å². The number of hydrogen-bond acceptors (Lipinski definition) is 6. The smallest absolute Gasteiger partial charge is 0.416 e. The summed E-state index contributed by atoms with van der Waals surface area (Å²) in [5, 5.41) is 24.4. The average molecular weight is 353 g/mol. The molecule has 0 amide bonds. The summed E-state index contributed by atoms with van der Waals surface area (Å²) in [5.74, 6) is -0.146. The minimum atomic E-state index is -4.52. The number of aromatic hydroxyl groups is 1. The van der Waals surface area contributed by atoms with Crippen molar-refractivity contribution in [2.45, 2.75) is 32.0 Å². The molecule has 25 heavy (non-hydrogen) atoms. The second kappa shape index (κ2) is 6.83. The molecule has 0 saturated carbocycles. The number of rotatable bonds is 3. The molecule has 2 aromatic rings. The first-order valence-corrected chi connectivity index (χ1v) is 7.94. The first-order valence-electron chi connectivity index (χ1n) is 7.94. The van der Waals surface area contributed by atoms with E-state index in [4.69, 9.17) is 0 Å². The highest BCUT2D eigenvalue weighted by Crippen LogP contribution is 2.36. The molecule has 0 unspecified atom stereocenters. The summed E-state index contributed by atoms with van der Waals surface area (Å²) in [6.45, 7) is 3.47. The Hall–Kier alpha value is -2.42. The molecule has 1 saturated heterocycles. The molecule has 3 N–H and O–H groups in total. The Kier molecular flexibility index (Phi) is 4.76. The molecule has 3 rings (SSSR count). The Morgan fingerprint density at radius 3 is 2.68 bits per heavy atom. The number of piperidine rings is 1. The third-order valence-corrected chi connectivity index (χ3v) is 4.07. The number of anilines is 1. The van der Waals surface area contributed by atoms with Crippen LogP contribution in [0.5, 0.6) is 5.75 Å². The van der Waals surface area contributed by atoms with Crippen LogP contribution in [0.15, 0.2) is 18.2 Å². The lowest BCUT2D eigenvalue weighted by molar-refractivity contribution is -0.137. The quantitative estimate of drug-likeness (QED) is 0.787. The van der Waals surface area contributed by atoms with Crippen molar-refractivity contribution in [2.75, 3.05) is 18.4 Å². The summed E-state index contributed by atoms with van der Waals surface area (Å²) in [5.41, 5.74) is -0.0401. The van der Waals surface area contributed by atoms with Crippen LogP contribution in [0.1, 0.15) is 24.1 Å². The van der Waals surface area contributed by atoms with Gasteiger partial charge in [-0.2, -0.15) is 13.2 Å². The molecule has 1 aliphatic heterocycles. The number of halogens is 3. The lowest BCUT2D eigenvalue weighted by atomic mass is 10.1. The maximum Gasteiger partial charge on any atom is 0.416 e. The van der Waals surface area contributed by atoms with Gasteiger partial charge in [-0.3, -0.25) is 0 Å². The maximum absolute atomic E-state index is 12.7. The summed E-state index contributed by atoms with van der Waals surface area (Å²) in [4.78, 5) is 4.31. The van der Waals surface area contributed by atoms with Gasteiger partial charge in [0.2, 0.25) is 5.95 Å². The van der Waals surface area contributed by atoms with E-state index in [1.165, 1.54) is 6.07 Å². The van der Waals surface area contributed by atoms with Gasteiger partial charge in [-0.15, -0.1) is 10.2 Å². The van der Waals surface area contributed by atoms with Crippen LogP contribution in [0.25, 0.3) is 11.3 Å². The lowest BCUT2D eigenvalue weighted by Gasteiger charge is -2.23. The Balaban J connectivity index is 1.83. The van der Waals surface area contributed by atoms with E-state index in [2.05, 4.69) is 25.8 Å². The van der Waals surface area contributed by atoms with Gasteiger partial charge in [-0.1, -0.05) is 0 Å². The number of nitrogens with one attached hydrogen (secondary N) is 2. The van der Waals surface area contributed by atoms with Crippen LogP contribution in [0.4, 0.5) is 19.1 Å². The zero-order valence-electron chi connectivity index (χ0n) is 13.6. The van der Waals surface area contributed by atoms with E-state index in [1.807, 2.05) is 0 Å².